The molecule has 0 spiro atoms. The minimum atomic E-state index is -0.859. The van der Waals surface area contributed by atoms with Crippen molar-refractivity contribution < 1.29 is 9.90 Å². The average molecular weight is 248 g/mol. The maximum atomic E-state index is 11.3. The maximum Gasteiger partial charge on any atom is 0.409 e. The van der Waals surface area contributed by atoms with Gasteiger partial charge >= 0.3 is 6.09 Å². The van der Waals surface area contributed by atoms with E-state index >= 15 is 0 Å². The van der Waals surface area contributed by atoms with Crippen molar-refractivity contribution in [2.24, 2.45) is 0 Å². The summed E-state index contributed by atoms with van der Waals surface area (Å²) in [5.74, 6) is 0. The van der Waals surface area contributed by atoms with E-state index < -0.39 is 6.09 Å². The molecule has 0 aromatic carbocycles. The van der Waals surface area contributed by atoms with Crippen molar-refractivity contribution >= 4 is 12.2 Å². The van der Waals surface area contributed by atoms with Gasteiger partial charge in [0.15, 0.2) is 0 Å². The van der Waals surface area contributed by atoms with E-state index in [0.29, 0.717) is 6.54 Å². The zero-order chi connectivity index (χ0) is 12.5. The molecule has 1 unspecified atom stereocenters. The van der Waals surface area contributed by atoms with Crippen LogP contribution in [0.15, 0.2) is 12.4 Å². The number of hydrogen-bond donors (Lipinski definition) is 2. The molecule has 0 radical (unpaired) electrons. The third kappa shape index (κ3) is 1.73. The van der Waals surface area contributed by atoms with Gasteiger partial charge in [-0.1, -0.05) is 0 Å². The summed E-state index contributed by atoms with van der Waals surface area (Å²) in [6, 6.07) is 0. The van der Waals surface area contributed by atoms with E-state index in [1.165, 1.54) is 4.90 Å². The first-order chi connectivity index (χ1) is 8.77. The molecule has 1 saturated heterocycles. The molecular formula is C12H16N4O2. The first-order valence-electron chi connectivity index (χ1n) is 6.23. The Labute approximate surface area is 105 Å². The predicted molar refractivity (Wildman–Crippen MR) is 65.7 cm³/mol. The molecule has 2 aliphatic rings. The van der Waals surface area contributed by atoms with Crippen molar-refractivity contribution in [1.29, 1.82) is 0 Å². The molecule has 3 heterocycles. The normalized spacial score (nSPS) is 22.4. The topological polar surface area (TPSA) is 70.4 Å². The fraction of sp³-hybridized carbons (Fsp3) is 0.500. The van der Waals surface area contributed by atoms with Gasteiger partial charge in [0.25, 0.3) is 0 Å². The van der Waals surface area contributed by atoms with E-state index in [0.717, 1.165) is 37.1 Å². The van der Waals surface area contributed by atoms with Crippen LogP contribution in [0.5, 0.6) is 0 Å². The average Bonchev–Trinajstić information content (AvgIpc) is 2.82. The lowest BCUT2D eigenvalue weighted by atomic mass is 10.1. The van der Waals surface area contributed by atoms with Crippen molar-refractivity contribution in [1.82, 2.24) is 20.0 Å². The van der Waals surface area contributed by atoms with Gasteiger partial charge in [-0.2, -0.15) is 5.10 Å². The van der Waals surface area contributed by atoms with Crippen molar-refractivity contribution in [3.05, 3.63) is 23.7 Å². The number of carbonyl (C=O) groups is 1. The zero-order valence-electron chi connectivity index (χ0n) is 10.0. The summed E-state index contributed by atoms with van der Waals surface area (Å²) in [7, 11) is 0. The lowest BCUT2D eigenvalue weighted by molar-refractivity contribution is 0.0729. The van der Waals surface area contributed by atoms with Crippen LogP contribution in [0.4, 0.5) is 4.79 Å². The number of amides is 1. The van der Waals surface area contributed by atoms with E-state index in [4.69, 9.17) is 0 Å². The Morgan fingerprint density at radius 2 is 2.39 bits per heavy atom. The fourth-order valence-corrected chi connectivity index (χ4v) is 2.66. The largest absolute Gasteiger partial charge is 0.465 e. The van der Waals surface area contributed by atoms with Crippen LogP contribution in [-0.2, 0) is 6.54 Å². The molecule has 0 aliphatic carbocycles. The Morgan fingerprint density at radius 1 is 1.50 bits per heavy atom. The fourth-order valence-electron chi connectivity index (χ4n) is 2.66. The van der Waals surface area contributed by atoms with Crippen LogP contribution in [0, 0.1) is 0 Å². The number of rotatable bonds is 1. The molecule has 0 bridgehead atoms. The summed E-state index contributed by atoms with van der Waals surface area (Å²) in [5, 5.41) is 16.8. The number of piperidine rings is 1. The van der Waals surface area contributed by atoms with Gasteiger partial charge in [0.05, 0.1) is 11.9 Å². The van der Waals surface area contributed by atoms with E-state index in [1.807, 2.05) is 23.2 Å². The van der Waals surface area contributed by atoms with Crippen LogP contribution in [-0.4, -0.2) is 32.4 Å². The minimum Gasteiger partial charge on any atom is -0.465 e. The molecule has 2 aliphatic heterocycles. The number of carboxylic acid groups (broad SMARTS) is 1. The highest BCUT2D eigenvalue weighted by atomic mass is 16.4. The summed E-state index contributed by atoms with van der Waals surface area (Å²) < 4.78 is 1.85. The molecule has 18 heavy (non-hydrogen) atoms. The standard InChI is InChI=1S/C12H16N4O2/c17-12(18)15-6-2-1-3-11(15)16-10-4-5-13-7-9(10)8-14-16/h4-5,8,11,13H,1-3,6-7H2,(H,17,18). The smallest absolute Gasteiger partial charge is 0.409 e. The Balaban J connectivity index is 1.96. The highest BCUT2D eigenvalue weighted by Crippen LogP contribution is 2.28. The number of nitrogens with one attached hydrogen (secondary N) is 1. The lowest BCUT2D eigenvalue weighted by Gasteiger charge is -2.34. The Morgan fingerprint density at radius 3 is 3.22 bits per heavy atom. The third-order valence-corrected chi connectivity index (χ3v) is 3.56. The summed E-state index contributed by atoms with van der Waals surface area (Å²) in [6.45, 7) is 1.35. The van der Waals surface area contributed by atoms with Gasteiger partial charge in [-0.05, 0) is 31.5 Å². The number of likely N-dealkylation sites (tertiary alicyclic amines) is 1. The first-order valence-corrected chi connectivity index (χ1v) is 6.23. The molecule has 96 valence electrons. The second-order valence-corrected chi connectivity index (χ2v) is 4.67. The van der Waals surface area contributed by atoms with E-state index in [9.17, 15) is 9.90 Å². The second kappa shape index (κ2) is 4.36. The monoisotopic (exact) mass is 248 g/mol. The molecular weight excluding hydrogens is 232 g/mol. The SMILES string of the molecule is O=C(O)N1CCCCC1n1ncc2c1C=CNC2. The second-order valence-electron chi connectivity index (χ2n) is 4.67. The Hall–Kier alpha value is -1.98. The zero-order valence-corrected chi connectivity index (χ0v) is 10.0. The summed E-state index contributed by atoms with van der Waals surface area (Å²) in [5.41, 5.74) is 2.14. The van der Waals surface area contributed by atoms with Gasteiger partial charge in [-0.3, -0.25) is 4.90 Å². The molecule has 1 amide bonds. The molecule has 1 aromatic rings. The van der Waals surface area contributed by atoms with Crippen molar-refractivity contribution in [3.8, 4) is 0 Å². The van der Waals surface area contributed by atoms with Gasteiger partial charge in [0.1, 0.15) is 6.17 Å². The van der Waals surface area contributed by atoms with Crippen LogP contribution >= 0.6 is 0 Å². The number of hydrogen-bond acceptors (Lipinski definition) is 3. The molecule has 2 N–H and O–H groups in total. The highest BCUT2D eigenvalue weighted by Gasteiger charge is 2.30. The molecule has 1 fully saturated rings. The molecule has 1 atom stereocenters. The van der Waals surface area contributed by atoms with Crippen molar-refractivity contribution in [3.63, 3.8) is 0 Å². The molecule has 6 nitrogen and oxygen atoms in total. The Bertz CT molecular complexity index is 494. The summed E-state index contributed by atoms with van der Waals surface area (Å²) >= 11 is 0. The Kier molecular flexibility index (Phi) is 2.70. The molecule has 6 heteroatoms. The van der Waals surface area contributed by atoms with Crippen LogP contribution in [0.2, 0.25) is 0 Å². The molecule has 0 saturated carbocycles. The van der Waals surface area contributed by atoms with Crippen molar-refractivity contribution in [2.75, 3.05) is 6.54 Å². The summed E-state index contributed by atoms with van der Waals surface area (Å²) in [6.07, 6.45) is 7.45. The van der Waals surface area contributed by atoms with Crippen LogP contribution in [0.3, 0.4) is 0 Å². The molecule has 1 aromatic heterocycles. The highest BCUT2D eigenvalue weighted by molar-refractivity contribution is 5.65. The number of fused-ring (bicyclic) bond motifs is 1. The molecule has 3 rings (SSSR count). The first kappa shape index (κ1) is 11.1. The number of nitrogens with zero attached hydrogens (tertiary/aromatic N) is 3. The van der Waals surface area contributed by atoms with Gasteiger partial charge in [-0.15, -0.1) is 0 Å². The van der Waals surface area contributed by atoms with Gasteiger partial charge in [0.2, 0.25) is 0 Å². The minimum absolute atomic E-state index is 0.164. The number of aromatic nitrogens is 2. The third-order valence-electron chi connectivity index (χ3n) is 3.56. The predicted octanol–water partition coefficient (Wildman–Crippen LogP) is 1.62. The van der Waals surface area contributed by atoms with E-state index in [1.54, 1.807) is 0 Å². The maximum absolute atomic E-state index is 11.3. The lowest BCUT2D eigenvalue weighted by Crippen LogP contribution is -2.41. The van der Waals surface area contributed by atoms with Crippen LogP contribution < -0.4 is 5.32 Å². The summed E-state index contributed by atoms with van der Waals surface area (Å²) in [4.78, 5) is 12.8. The van der Waals surface area contributed by atoms with Crippen LogP contribution in [0.25, 0.3) is 6.08 Å². The van der Waals surface area contributed by atoms with Crippen LogP contribution in [0.1, 0.15) is 36.7 Å². The van der Waals surface area contributed by atoms with Crippen molar-refractivity contribution in [2.45, 2.75) is 32.0 Å². The van der Waals surface area contributed by atoms with Gasteiger partial charge in [-0.25, -0.2) is 9.48 Å². The van der Waals surface area contributed by atoms with E-state index in [-0.39, 0.29) is 6.17 Å². The van der Waals surface area contributed by atoms with E-state index in [2.05, 4.69) is 10.4 Å². The van der Waals surface area contributed by atoms with Gasteiger partial charge in [0, 0.05) is 18.7 Å². The quantitative estimate of drug-likeness (QED) is 0.792. The van der Waals surface area contributed by atoms with Gasteiger partial charge < -0.3 is 10.4 Å².